The van der Waals surface area contributed by atoms with E-state index in [-0.39, 0.29) is 18.6 Å². The molecule has 1 N–H and O–H groups in total. The number of rotatable bonds is 4. The van der Waals surface area contributed by atoms with Crippen LogP contribution in [0.4, 0.5) is 5.00 Å². The van der Waals surface area contributed by atoms with Crippen molar-refractivity contribution in [3.8, 4) is 6.07 Å². The summed E-state index contributed by atoms with van der Waals surface area (Å²) in [6.07, 6.45) is 1.69. The van der Waals surface area contributed by atoms with Gasteiger partial charge < -0.3 is 10.1 Å². The van der Waals surface area contributed by atoms with Crippen molar-refractivity contribution in [2.75, 3.05) is 31.6 Å². The Bertz CT molecular complexity index is 677. The molecule has 6 nitrogen and oxygen atoms in total. The molecule has 0 aliphatic carbocycles. The number of amides is 1. The number of nitrogens with zero attached hydrogens (tertiary/aromatic N) is 3. The summed E-state index contributed by atoms with van der Waals surface area (Å²) < 4.78 is 5.71. The lowest BCUT2D eigenvalue weighted by Crippen LogP contribution is -2.42. The molecule has 0 unspecified atom stereocenters. The Labute approximate surface area is 136 Å². The highest BCUT2D eigenvalue weighted by atomic mass is 32.1. The first-order chi connectivity index (χ1) is 10.8. The molecule has 2 aromatic rings. The zero-order valence-electron chi connectivity index (χ0n) is 11.7. The van der Waals surface area contributed by atoms with Crippen LogP contribution >= 0.6 is 22.7 Å². The van der Waals surface area contributed by atoms with E-state index in [0.717, 1.165) is 5.01 Å². The van der Waals surface area contributed by atoms with Crippen LogP contribution in [0, 0.1) is 11.3 Å². The topological polar surface area (TPSA) is 78.2 Å². The number of nitriles is 1. The molecule has 22 heavy (non-hydrogen) atoms. The molecule has 1 atom stereocenters. The summed E-state index contributed by atoms with van der Waals surface area (Å²) in [5, 5.41) is 17.0. The van der Waals surface area contributed by atoms with Gasteiger partial charge >= 0.3 is 0 Å². The molecule has 1 aliphatic rings. The molecule has 8 heteroatoms. The maximum Gasteiger partial charge on any atom is 0.239 e. The summed E-state index contributed by atoms with van der Waals surface area (Å²) in [6, 6.07) is 3.77. The third kappa shape index (κ3) is 3.51. The van der Waals surface area contributed by atoms with Gasteiger partial charge in [-0.1, -0.05) is 0 Å². The average Bonchev–Trinajstić information content (AvgIpc) is 3.18. The number of carbonyl (C=O) groups excluding carboxylic acids is 1. The van der Waals surface area contributed by atoms with Gasteiger partial charge in [0.1, 0.15) is 22.2 Å². The van der Waals surface area contributed by atoms with Gasteiger partial charge in [0.2, 0.25) is 5.91 Å². The van der Waals surface area contributed by atoms with E-state index in [1.807, 2.05) is 10.3 Å². The number of hydrogen-bond acceptors (Lipinski definition) is 7. The minimum Gasteiger partial charge on any atom is -0.368 e. The van der Waals surface area contributed by atoms with E-state index >= 15 is 0 Å². The van der Waals surface area contributed by atoms with Crippen LogP contribution in [0.3, 0.4) is 0 Å². The zero-order valence-corrected chi connectivity index (χ0v) is 13.3. The first-order valence-electron chi connectivity index (χ1n) is 6.77. The summed E-state index contributed by atoms with van der Waals surface area (Å²) in [7, 11) is 0. The van der Waals surface area contributed by atoms with Crippen molar-refractivity contribution in [1.82, 2.24) is 9.88 Å². The monoisotopic (exact) mass is 334 g/mol. The second-order valence-corrected chi connectivity index (χ2v) is 6.63. The molecule has 1 aliphatic heterocycles. The molecule has 1 saturated heterocycles. The van der Waals surface area contributed by atoms with Gasteiger partial charge in [0.25, 0.3) is 0 Å². The molecular formula is C14H14N4O2S2. The number of nitrogens with one attached hydrogen (secondary N) is 1. The smallest absolute Gasteiger partial charge is 0.239 e. The van der Waals surface area contributed by atoms with Crippen molar-refractivity contribution in [2.45, 2.75) is 6.10 Å². The number of aromatic nitrogens is 1. The van der Waals surface area contributed by atoms with Crippen LogP contribution < -0.4 is 5.32 Å². The van der Waals surface area contributed by atoms with Crippen LogP contribution in [0.5, 0.6) is 0 Å². The number of ether oxygens (including phenoxy) is 1. The highest BCUT2D eigenvalue weighted by Crippen LogP contribution is 2.24. The van der Waals surface area contributed by atoms with E-state index in [0.29, 0.717) is 30.3 Å². The third-order valence-electron chi connectivity index (χ3n) is 3.28. The van der Waals surface area contributed by atoms with E-state index in [1.54, 1.807) is 29.0 Å². The maximum atomic E-state index is 12.1. The Morgan fingerprint density at radius 2 is 2.45 bits per heavy atom. The average molecular weight is 334 g/mol. The van der Waals surface area contributed by atoms with Crippen molar-refractivity contribution in [1.29, 1.82) is 5.26 Å². The lowest BCUT2D eigenvalue weighted by molar-refractivity contribution is -0.119. The van der Waals surface area contributed by atoms with Crippen LogP contribution in [0.2, 0.25) is 0 Å². The first-order valence-corrected chi connectivity index (χ1v) is 8.53. The summed E-state index contributed by atoms with van der Waals surface area (Å²) in [6.45, 7) is 2.23. The zero-order chi connectivity index (χ0) is 15.4. The molecule has 0 aromatic carbocycles. The van der Waals surface area contributed by atoms with E-state index < -0.39 is 0 Å². The summed E-state index contributed by atoms with van der Waals surface area (Å²) >= 11 is 2.92. The molecule has 3 rings (SSSR count). The van der Waals surface area contributed by atoms with E-state index in [4.69, 9.17) is 10.00 Å². The van der Waals surface area contributed by atoms with Crippen LogP contribution in [-0.4, -0.2) is 42.0 Å². The standard InChI is InChI=1S/C14H14N4O2S2/c15-7-10-1-5-21-13(10)17-12(19)9-18-3-4-20-11(8-18)14-16-2-6-22-14/h1-2,5-6,11H,3-4,8-9H2,(H,17,19)/t11-/m0/s1. The number of morpholine rings is 1. The fourth-order valence-electron chi connectivity index (χ4n) is 2.25. The van der Waals surface area contributed by atoms with Gasteiger partial charge in [-0.2, -0.15) is 5.26 Å². The third-order valence-corrected chi connectivity index (χ3v) is 4.98. The van der Waals surface area contributed by atoms with Gasteiger partial charge in [0, 0.05) is 24.7 Å². The van der Waals surface area contributed by atoms with Gasteiger partial charge in [-0.15, -0.1) is 22.7 Å². The molecular weight excluding hydrogens is 320 g/mol. The first kappa shape index (κ1) is 15.1. The maximum absolute atomic E-state index is 12.1. The molecule has 2 aromatic heterocycles. The molecule has 0 saturated carbocycles. The predicted octanol–water partition coefficient (Wildman–Crippen LogP) is 2.09. The molecule has 3 heterocycles. The van der Waals surface area contributed by atoms with Crippen molar-refractivity contribution >= 4 is 33.6 Å². The Morgan fingerprint density at radius 3 is 3.23 bits per heavy atom. The Morgan fingerprint density at radius 1 is 1.55 bits per heavy atom. The Balaban J connectivity index is 1.56. The van der Waals surface area contributed by atoms with E-state index in [2.05, 4.69) is 16.4 Å². The predicted molar refractivity (Wildman–Crippen MR) is 84.9 cm³/mol. The number of thiazole rings is 1. The van der Waals surface area contributed by atoms with Crippen LogP contribution in [0.25, 0.3) is 0 Å². The number of anilines is 1. The van der Waals surface area contributed by atoms with Crippen LogP contribution in [-0.2, 0) is 9.53 Å². The quantitative estimate of drug-likeness (QED) is 0.926. The fraction of sp³-hybridized carbons (Fsp3) is 0.357. The van der Waals surface area contributed by atoms with Gasteiger partial charge in [0.15, 0.2) is 0 Å². The summed E-state index contributed by atoms with van der Waals surface area (Å²) in [4.78, 5) is 18.4. The molecule has 0 spiro atoms. The second-order valence-electron chi connectivity index (χ2n) is 4.79. The van der Waals surface area contributed by atoms with Gasteiger partial charge in [0.05, 0.1) is 18.7 Å². The molecule has 1 amide bonds. The second kappa shape index (κ2) is 6.98. The van der Waals surface area contributed by atoms with Crippen molar-refractivity contribution in [3.05, 3.63) is 33.6 Å². The Hall–Kier alpha value is -1.79. The van der Waals surface area contributed by atoms with Crippen molar-refractivity contribution < 1.29 is 9.53 Å². The molecule has 114 valence electrons. The van der Waals surface area contributed by atoms with Gasteiger partial charge in [-0.05, 0) is 11.4 Å². The normalized spacial score (nSPS) is 18.8. The largest absolute Gasteiger partial charge is 0.368 e. The number of carbonyl (C=O) groups is 1. The Kier molecular flexibility index (Phi) is 4.80. The van der Waals surface area contributed by atoms with Crippen LogP contribution in [0.15, 0.2) is 23.0 Å². The minimum absolute atomic E-state index is 0.0713. The van der Waals surface area contributed by atoms with Crippen molar-refractivity contribution in [2.24, 2.45) is 0 Å². The highest BCUT2D eigenvalue weighted by Gasteiger charge is 2.25. The van der Waals surface area contributed by atoms with Crippen molar-refractivity contribution in [3.63, 3.8) is 0 Å². The van der Waals surface area contributed by atoms with Gasteiger partial charge in [-0.3, -0.25) is 9.69 Å². The summed E-state index contributed by atoms with van der Waals surface area (Å²) in [5.74, 6) is -0.112. The van der Waals surface area contributed by atoms with E-state index in [9.17, 15) is 4.79 Å². The van der Waals surface area contributed by atoms with Gasteiger partial charge in [-0.25, -0.2) is 4.98 Å². The number of hydrogen-bond donors (Lipinski definition) is 1. The summed E-state index contributed by atoms with van der Waals surface area (Å²) in [5.41, 5.74) is 0.501. The lowest BCUT2D eigenvalue weighted by atomic mass is 10.2. The molecule has 0 radical (unpaired) electrons. The van der Waals surface area contributed by atoms with E-state index in [1.165, 1.54) is 11.3 Å². The minimum atomic E-state index is -0.112. The molecule has 0 bridgehead atoms. The molecule has 1 fully saturated rings. The lowest BCUT2D eigenvalue weighted by Gasteiger charge is -2.31. The number of thiophene rings is 1. The highest BCUT2D eigenvalue weighted by molar-refractivity contribution is 7.14. The van der Waals surface area contributed by atoms with Crippen LogP contribution in [0.1, 0.15) is 16.7 Å². The SMILES string of the molecule is N#Cc1ccsc1NC(=O)CN1CCO[C@H](c2nccs2)C1. The fourth-order valence-corrected chi connectivity index (χ4v) is 3.68.